The molecule has 1 aliphatic rings. The van der Waals surface area contributed by atoms with Gasteiger partial charge in [-0.25, -0.2) is 0 Å². The first kappa shape index (κ1) is 13.3. The summed E-state index contributed by atoms with van der Waals surface area (Å²) in [4.78, 5) is 13.6. The van der Waals surface area contributed by atoms with Gasteiger partial charge in [0.2, 0.25) is 0 Å². The highest BCUT2D eigenvalue weighted by molar-refractivity contribution is 7.17. The van der Waals surface area contributed by atoms with Crippen LogP contribution in [-0.4, -0.2) is 18.4 Å². The molecule has 3 rings (SSSR count). The number of benzene rings is 1. The molecule has 0 saturated carbocycles. The fourth-order valence-electron chi connectivity index (χ4n) is 2.47. The summed E-state index contributed by atoms with van der Waals surface area (Å²) in [5, 5.41) is 0. The van der Waals surface area contributed by atoms with Gasteiger partial charge in [-0.05, 0) is 23.8 Å². The summed E-state index contributed by atoms with van der Waals surface area (Å²) in [6.45, 7) is 2.41. The molecule has 1 unspecified atom stereocenters. The minimum absolute atomic E-state index is 0.0721. The van der Waals surface area contributed by atoms with Crippen LogP contribution in [0.1, 0.15) is 28.6 Å². The van der Waals surface area contributed by atoms with Gasteiger partial charge in [-0.1, -0.05) is 19.1 Å². The second-order valence-corrected chi connectivity index (χ2v) is 6.00. The zero-order valence-corrected chi connectivity index (χ0v) is 12.2. The van der Waals surface area contributed by atoms with Crippen LogP contribution in [0.15, 0.2) is 30.3 Å². The van der Waals surface area contributed by atoms with Crippen molar-refractivity contribution in [2.75, 3.05) is 6.54 Å². The molecule has 104 valence electrons. The van der Waals surface area contributed by atoms with Crippen LogP contribution < -0.4 is 10.5 Å². The monoisotopic (exact) mass is 287 g/mol. The summed E-state index contributed by atoms with van der Waals surface area (Å²) in [6.07, 6.45) is 1.48. The van der Waals surface area contributed by atoms with Crippen LogP contribution in [0.4, 0.5) is 0 Å². The number of para-hydroxylation sites is 1. The van der Waals surface area contributed by atoms with Gasteiger partial charge in [-0.2, -0.15) is 0 Å². The average Bonchev–Trinajstić information content (AvgIpc) is 3.12. The molecule has 20 heavy (non-hydrogen) atoms. The summed E-state index contributed by atoms with van der Waals surface area (Å²) in [7, 11) is 0. The number of carbonyl (C=O) groups excluding carboxylic acids is 1. The van der Waals surface area contributed by atoms with E-state index in [4.69, 9.17) is 10.5 Å². The Morgan fingerprint density at radius 1 is 1.40 bits per heavy atom. The summed E-state index contributed by atoms with van der Waals surface area (Å²) in [5.74, 6) is 1.12. The highest BCUT2D eigenvalue weighted by Gasteiger charge is 2.25. The van der Waals surface area contributed by atoms with Crippen molar-refractivity contribution < 1.29 is 9.53 Å². The van der Waals surface area contributed by atoms with Crippen LogP contribution in [-0.2, 0) is 6.42 Å². The first-order chi connectivity index (χ1) is 9.72. The molecule has 2 N–H and O–H groups in total. The Labute approximate surface area is 122 Å². The Bertz CT molecular complexity index is 648. The number of Topliss-reactive ketones (excluding diaryl/α,β-unsaturated/α-hetero) is 1. The lowest BCUT2D eigenvalue weighted by Crippen LogP contribution is -2.24. The number of rotatable bonds is 4. The molecule has 2 aromatic rings. The van der Waals surface area contributed by atoms with E-state index in [9.17, 15) is 4.79 Å². The predicted octanol–water partition coefficient (Wildman–Crippen LogP) is 3.27. The van der Waals surface area contributed by atoms with Gasteiger partial charge in [0, 0.05) is 29.8 Å². The molecule has 0 spiro atoms. The maximum atomic E-state index is 11.8. The second kappa shape index (κ2) is 5.38. The molecule has 0 amide bonds. The van der Waals surface area contributed by atoms with Crippen molar-refractivity contribution in [2.24, 2.45) is 5.73 Å². The SMILES string of the molecule is CCC(=O)c1ccc(-c2cccc3c2OC(CN)C3)s1. The van der Waals surface area contributed by atoms with Gasteiger partial charge in [-0.3, -0.25) is 4.79 Å². The maximum Gasteiger partial charge on any atom is 0.172 e. The van der Waals surface area contributed by atoms with E-state index in [0.717, 1.165) is 27.5 Å². The summed E-state index contributed by atoms with van der Waals surface area (Å²) < 4.78 is 5.93. The molecule has 4 heteroatoms. The maximum absolute atomic E-state index is 11.8. The number of hydrogen-bond acceptors (Lipinski definition) is 4. The van der Waals surface area contributed by atoms with Crippen molar-refractivity contribution in [1.82, 2.24) is 0 Å². The van der Waals surface area contributed by atoms with Crippen LogP contribution in [0.5, 0.6) is 5.75 Å². The molecule has 1 atom stereocenters. The van der Waals surface area contributed by atoms with E-state index in [1.165, 1.54) is 16.9 Å². The largest absolute Gasteiger partial charge is 0.488 e. The van der Waals surface area contributed by atoms with Gasteiger partial charge in [-0.15, -0.1) is 11.3 Å². The third kappa shape index (κ3) is 2.25. The van der Waals surface area contributed by atoms with Gasteiger partial charge < -0.3 is 10.5 Å². The van der Waals surface area contributed by atoms with E-state index in [2.05, 4.69) is 6.07 Å². The lowest BCUT2D eigenvalue weighted by Gasteiger charge is -2.09. The van der Waals surface area contributed by atoms with Crippen molar-refractivity contribution in [3.05, 3.63) is 40.8 Å². The van der Waals surface area contributed by atoms with E-state index in [-0.39, 0.29) is 11.9 Å². The fourth-order valence-corrected chi connectivity index (χ4v) is 3.51. The molecule has 0 aliphatic carbocycles. The Hall–Kier alpha value is -1.65. The first-order valence-electron chi connectivity index (χ1n) is 6.85. The molecule has 0 radical (unpaired) electrons. The van der Waals surface area contributed by atoms with Gasteiger partial charge in [0.25, 0.3) is 0 Å². The molecule has 1 aromatic heterocycles. The zero-order chi connectivity index (χ0) is 14.1. The van der Waals surface area contributed by atoms with Crippen molar-refractivity contribution >= 4 is 17.1 Å². The fraction of sp³-hybridized carbons (Fsp3) is 0.312. The number of thiophene rings is 1. The van der Waals surface area contributed by atoms with Crippen molar-refractivity contribution in [2.45, 2.75) is 25.9 Å². The summed E-state index contributed by atoms with van der Waals surface area (Å²) in [6, 6.07) is 10.1. The Morgan fingerprint density at radius 3 is 3.00 bits per heavy atom. The standard InChI is InChI=1S/C16H17NO2S/c1-2-13(18)15-7-6-14(20-15)12-5-3-4-10-8-11(9-17)19-16(10)12/h3-7,11H,2,8-9,17H2,1H3. The van der Waals surface area contributed by atoms with Gasteiger partial charge in [0.15, 0.2) is 5.78 Å². The molecule has 1 aliphatic heterocycles. The molecule has 0 bridgehead atoms. The highest BCUT2D eigenvalue weighted by Crippen LogP contribution is 2.41. The van der Waals surface area contributed by atoms with E-state index in [1.807, 2.05) is 31.2 Å². The van der Waals surface area contributed by atoms with Gasteiger partial charge in [0.05, 0.1) is 4.88 Å². The predicted molar refractivity (Wildman–Crippen MR) is 81.6 cm³/mol. The third-order valence-electron chi connectivity index (χ3n) is 3.56. The summed E-state index contributed by atoms with van der Waals surface area (Å²) in [5.41, 5.74) is 7.97. The number of ether oxygens (including phenoxy) is 1. The number of ketones is 1. The van der Waals surface area contributed by atoms with E-state index < -0.39 is 0 Å². The van der Waals surface area contributed by atoms with Crippen LogP contribution in [0, 0.1) is 0 Å². The third-order valence-corrected chi connectivity index (χ3v) is 4.72. The first-order valence-corrected chi connectivity index (χ1v) is 7.66. The minimum atomic E-state index is 0.0721. The van der Waals surface area contributed by atoms with Crippen LogP contribution in [0.3, 0.4) is 0 Å². The lowest BCUT2D eigenvalue weighted by atomic mass is 10.1. The second-order valence-electron chi connectivity index (χ2n) is 4.91. The molecular weight excluding hydrogens is 270 g/mol. The van der Waals surface area contributed by atoms with Crippen molar-refractivity contribution in [1.29, 1.82) is 0 Å². The minimum Gasteiger partial charge on any atom is -0.488 e. The topological polar surface area (TPSA) is 52.3 Å². The number of hydrogen-bond donors (Lipinski definition) is 1. The van der Waals surface area contributed by atoms with Crippen LogP contribution >= 0.6 is 11.3 Å². The number of fused-ring (bicyclic) bond motifs is 1. The molecule has 0 saturated heterocycles. The number of carbonyl (C=O) groups is 1. The average molecular weight is 287 g/mol. The van der Waals surface area contributed by atoms with Crippen molar-refractivity contribution in [3.63, 3.8) is 0 Å². The van der Waals surface area contributed by atoms with Crippen molar-refractivity contribution in [3.8, 4) is 16.2 Å². The Balaban J connectivity index is 1.98. The normalized spacial score (nSPS) is 16.8. The van der Waals surface area contributed by atoms with Crippen LogP contribution in [0.25, 0.3) is 10.4 Å². The van der Waals surface area contributed by atoms with E-state index in [0.29, 0.717) is 13.0 Å². The number of nitrogens with two attached hydrogens (primary N) is 1. The highest BCUT2D eigenvalue weighted by atomic mass is 32.1. The Kier molecular flexibility index (Phi) is 3.59. The molecule has 1 aromatic carbocycles. The van der Waals surface area contributed by atoms with Crippen LogP contribution in [0.2, 0.25) is 0 Å². The quantitative estimate of drug-likeness (QED) is 0.878. The molecular formula is C16H17NO2S. The lowest BCUT2D eigenvalue weighted by molar-refractivity contribution is 0.0992. The van der Waals surface area contributed by atoms with E-state index >= 15 is 0 Å². The van der Waals surface area contributed by atoms with E-state index in [1.54, 1.807) is 0 Å². The Morgan fingerprint density at radius 2 is 2.25 bits per heavy atom. The molecule has 3 nitrogen and oxygen atoms in total. The summed E-state index contributed by atoms with van der Waals surface area (Å²) >= 11 is 1.53. The zero-order valence-electron chi connectivity index (χ0n) is 11.4. The van der Waals surface area contributed by atoms with Gasteiger partial charge >= 0.3 is 0 Å². The van der Waals surface area contributed by atoms with Gasteiger partial charge in [0.1, 0.15) is 11.9 Å². The molecule has 0 fully saturated rings. The smallest absolute Gasteiger partial charge is 0.172 e. The molecule has 2 heterocycles.